The van der Waals surface area contributed by atoms with Crippen LogP contribution in [-0.2, 0) is 14.8 Å². The third-order valence-corrected chi connectivity index (χ3v) is 5.32. The highest BCUT2D eigenvalue weighted by Gasteiger charge is 2.28. The van der Waals surface area contributed by atoms with E-state index < -0.39 is 10.0 Å². The minimum absolute atomic E-state index is 0.0785. The number of nitrogens with two attached hydrogens (primary N) is 1. The maximum atomic E-state index is 12.5. The molecule has 0 spiro atoms. The van der Waals surface area contributed by atoms with Crippen molar-refractivity contribution in [1.82, 2.24) is 4.31 Å². The largest absolute Gasteiger partial charge is 0.491 e. The van der Waals surface area contributed by atoms with E-state index in [1.807, 2.05) is 0 Å². The monoisotopic (exact) mass is 314 g/mol. The summed E-state index contributed by atoms with van der Waals surface area (Å²) in [5.74, 6) is 0.626. The molecule has 1 saturated heterocycles. The van der Waals surface area contributed by atoms with E-state index in [0.29, 0.717) is 32.1 Å². The standard InChI is InChI=1S/C14H22N2O4S/c1-19-9-10-20-13-4-6-14(7-5-13)21(17,18)16-8-2-3-12(15)11-16/h4-7,12H,2-3,8-11,15H2,1H3/t12-/m0/s1. The van der Waals surface area contributed by atoms with Crippen LogP contribution in [-0.4, -0.2) is 52.2 Å². The predicted octanol–water partition coefficient (Wildman–Crippen LogP) is 0.824. The van der Waals surface area contributed by atoms with Crippen LogP contribution in [0.1, 0.15) is 12.8 Å². The minimum Gasteiger partial charge on any atom is -0.491 e. The molecular formula is C14H22N2O4S. The number of piperidine rings is 1. The Kier molecular flexibility index (Phi) is 5.58. The van der Waals surface area contributed by atoms with Crippen LogP contribution in [0.25, 0.3) is 0 Å². The zero-order valence-corrected chi connectivity index (χ0v) is 13.0. The molecule has 1 aliphatic heterocycles. The molecule has 1 heterocycles. The van der Waals surface area contributed by atoms with Gasteiger partial charge >= 0.3 is 0 Å². The molecule has 0 radical (unpaired) electrons. The lowest BCUT2D eigenvalue weighted by molar-refractivity contribution is 0.146. The maximum Gasteiger partial charge on any atom is 0.243 e. The molecule has 2 rings (SSSR count). The molecule has 1 fully saturated rings. The second-order valence-corrected chi connectivity index (χ2v) is 7.02. The van der Waals surface area contributed by atoms with E-state index in [4.69, 9.17) is 15.2 Å². The van der Waals surface area contributed by atoms with E-state index in [9.17, 15) is 8.42 Å². The summed E-state index contributed by atoms with van der Waals surface area (Å²) >= 11 is 0. The molecule has 118 valence electrons. The predicted molar refractivity (Wildman–Crippen MR) is 79.8 cm³/mol. The molecular weight excluding hydrogens is 292 g/mol. The third kappa shape index (κ3) is 4.16. The first-order valence-corrected chi connectivity index (χ1v) is 8.45. The van der Waals surface area contributed by atoms with E-state index in [0.717, 1.165) is 12.8 Å². The van der Waals surface area contributed by atoms with Gasteiger partial charge in [0, 0.05) is 26.2 Å². The molecule has 0 unspecified atom stereocenters. The van der Waals surface area contributed by atoms with Gasteiger partial charge in [0.05, 0.1) is 11.5 Å². The molecule has 6 nitrogen and oxygen atoms in total. The number of nitrogens with zero attached hydrogens (tertiary/aromatic N) is 1. The van der Waals surface area contributed by atoms with Crippen LogP contribution < -0.4 is 10.5 Å². The van der Waals surface area contributed by atoms with Gasteiger partial charge in [-0.25, -0.2) is 8.42 Å². The lowest BCUT2D eigenvalue weighted by Gasteiger charge is -2.29. The van der Waals surface area contributed by atoms with Gasteiger partial charge in [0.25, 0.3) is 0 Å². The summed E-state index contributed by atoms with van der Waals surface area (Å²) in [5.41, 5.74) is 5.85. The van der Waals surface area contributed by atoms with E-state index in [1.54, 1.807) is 31.4 Å². The Morgan fingerprint density at radius 2 is 2.00 bits per heavy atom. The van der Waals surface area contributed by atoms with Crippen molar-refractivity contribution in [2.75, 3.05) is 33.4 Å². The highest BCUT2D eigenvalue weighted by molar-refractivity contribution is 7.89. The SMILES string of the molecule is COCCOc1ccc(S(=O)(=O)N2CCC[C@H](N)C2)cc1. The van der Waals surface area contributed by atoms with E-state index in [1.165, 1.54) is 4.31 Å². The number of rotatable bonds is 6. The van der Waals surface area contributed by atoms with Crippen molar-refractivity contribution in [1.29, 1.82) is 0 Å². The van der Waals surface area contributed by atoms with Crippen molar-refractivity contribution >= 4 is 10.0 Å². The number of hydrogen-bond donors (Lipinski definition) is 1. The molecule has 0 amide bonds. The molecule has 21 heavy (non-hydrogen) atoms. The van der Waals surface area contributed by atoms with Gasteiger partial charge in [-0.05, 0) is 37.1 Å². The van der Waals surface area contributed by atoms with E-state index >= 15 is 0 Å². The van der Waals surface area contributed by atoms with Crippen molar-refractivity contribution in [3.63, 3.8) is 0 Å². The molecule has 7 heteroatoms. The van der Waals surface area contributed by atoms with Gasteiger partial charge < -0.3 is 15.2 Å². The highest BCUT2D eigenvalue weighted by atomic mass is 32.2. The molecule has 1 atom stereocenters. The Morgan fingerprint density at radius 3 is 2.62 bits per heavy atom. The Hall–Kier alpha value is -1.15. The molecule has 1 aromatic carbocycles. The Labute approximate surface area is 125 Å². The van der Waals surface area contributed by atoms with Crippen LogP contribution >= 0.6 is 0 Å². The van der Waals surface area contributed by atoms with Crippen LogP contribution in [0.5, 0.6) is 5.75 Å². The molecule has 2 N–H and O–H groups in total. The fraction of sp³-hybridized carbons (Fsp3) is 0.571. The van der Waals surface area contributed by atoms with Gasteiger partial charge in [0.1, 0.15) is 12.4 Å². The summed E-state index contributed by atoms with van der Waals surface area (Å²) in [4.78, 5) is 0.274. The van der Waals surface area contributed by atoms with E-state index in [-0.39, 0.29) is 10.9 Å². The topological polar surface area (TPSA) is 81.9 Å². The Bertz CT molecular complexity index is 545. The molecule has 0 aliphatic carbocycles. The number of benzene rings is 1. The maximum absolute atomic E-state index is 12.5. The summed E-state index contributed by atoms with van der Waals surface area (Å²) in [6, 6.07) is 6.37. The fourth-order valence-electron chi connectivity index (χ4n) is 2.29. The normalized spacial score (nSPS) is 20.4. The van der Waals surface area contributed by atoms with Crippen molar-refractivity contribution < 1.29 is 17.9 Å². The number of ether oxygens (including phenoxy) is 2. The van der Waals surface area contributed by atoms with Gasteiger partial charge in [-0.1, -0.05) is 0 Å². The van der Waals surface area contributed by atoms with Crippen LogP contribution in [0.15, 0.2) is 29.2 Å². The van der Waals surface area contributed by atoms with Crippen molar-refractivity contribution in [2.24, 2.45) is 5.73 Å². The van der Waals surface area contributed by atoms with Crippen LogP contribution in [0.3, 0.4) is 0 Å². The van der Waals surface area contributed by atoms with Crippen LogP contribution in [0, 0.1) is 0 Å². The lowest BCUT2D eigenvalue weighted by atomic mass is 10.1. The molecule has 0 saturated carbocycles. The smallest absolute Gasteiger partial charge is 0.243 e. The molecule has 1 aliphatic rings. The van der Waals surface area contributed by atoms with Gasteiger partial charge in [0.2, 0.25) is 10.0 Å². The summed E-state index contributed by atoms with van der Waals surface area (Å²) in [6.45, 7) is 1.84. The Morgan fingerprint density at radius 1 is 1.29 bits per heavy atom. The number of sulfonamides is 1. The highest BCUT2D eigenvalue weighted by Crippen LogP contribution is 2.22. The Balaban J connectivity index is 2.06. The number of methoxy groups -OCH3 is 1. The number of hydrogen-bond acceptors (Lipinski definition) is 5. The van der Waals surface area contributed by atoms with Crippen molar-refractivity contribution in [3.8, 4) is 5.75 Å². The zero-order chi connectivity index (χ0) is 15.3. The zero-order valence-electron chi connectivity index (χ0n) is 12.2. The van der Waals surface area contributed by atoms with Crippen LogP contribution in [0.2, 0.25) is 0 Å². The average Bonchev–Trinajstić information content (AvgIpc) is 2.48. The first kappa shape index (κ1) is 16.2. The van der Waals surface area contributed by atoms with Gasteiger partial charge in [0.15, 0.2) is 0 Å². The molecule has 0 bridgehead atoms. The molecule has 0 aromatic heterocycles. The first-order chi connectivity index (χ1) is 10.0. The second kappa shape index (κ2) is 7.22. The summed E-state index contributed by atoms with van der Waals surface area (Å²) in [5, 5.41) is 0. The van der Waals surface area contributed by atoms with Gasteiger partial charge in [-0.2, -0.15) is 4.31 Å². The summed E-state index contributed by atoms with van der Waals surface area (Å²) in [6.07, 6.45) is 1.68. The van der Waals surface area contributed by atoms with Crippen LogP contribution in [0.4, 0.5) is 0 Å². The van der Waals surface area contributed by atoms with Gasteiger partial charge in [-0.3, -0.25) is 0 Å². The molecule has 1 aromatic rings. The quantitative estimate of drug-likeness (QED) is 0.786. The fourth-order valence-corrected chi connectivity index (χ4v) is 3.83. The second-order valence-electron chi connectivity index (χ2n) is 5.08. The van der Waals surface area contributed by atoms with Gasteiger partial charge in [-0.15, -0.1) is 0 Å². The summed E-state index contributed by atoms with van der Waals surface area (Å²) in [7, 11) is -1.86. The summed E-state index contributed by atoms with van der Waals surface area (Å²) < 4.78 is 36.8. The average molecular weight is 314 g/mol. The van der Waals surface area contributed by atoms with Crippen molar-refractivity contribution in [3.05, 3.63) is 24.3 Å². The lowest BCUT2D eigenvalue weighted by Crippen LogP contribution is -2.45. The van der Waals surface area contributed by atoms with Crippen molar-refractivity contribution in [2.45, 2.75) is 23.8 Å². The first-order valence-electron chi connectivity index (χ1n) is 7.01. The third-order valence-electron chi connectivity index (χ3n) is 3.44. The minimum atomic E-state index is -3.46. The van der Waals surface area contributed by atoms with E-state index in [2.05, 4.69) is 0 Å².